The zero-order valence-corrected chi connectivity index (χ0v) is 17.3. The van der Waals surface area contributed by atoms with Gasteiger partial charge < -0.3 is 25.0 Å². The number of ether oxygens (including phenoxy) is 2. The lowest BCUT2D eigenvalue weighted by Crippen LogP contribution is -2.49. The van der Waals surface area contributed by atoms with Crippen molar-refractivity contribution in [3.8, 4) is 0 Å². The Morgan fingerprint density at radius 1 is 1.23 bits per heavy atom. The van der Waals surface area contributed by atoms with Crippen LogP contribution in [-0.4, -0.2) is 97.0 Å². The fraction of sp³-hybridized carbons (Fsp3) is 0.941. The molecule has 154 valence electrons. The second-order valence-electron chi connectivity index (χ2n) is 6.61. The molecule has 26 heavy (non-hydrogen) atoms. The van der Waals surface area contributed by atoms with Gasteiger partial charge >= 0.3 is 0 Å². The first-order valence-corrected chi connectivity index (χ1v) is 11.5. The summed E-state index contributed by atoms with van der Waals surface area (Å²) < 4.78 is 32.5. The van der Waals surface area contributed by atoms with E-state index in [0.29, 0.717) is 19.2 Å². The number of methoxy groups -OCH3 is 1. The molecule has 1 rings (SSSR count). The van der Waals surface area contributed by atoms with E-state index in [-0.39, 0.29) is 12.4 Å². The molecule has 1 saturated heterocycles. The highest BCUT2D eigenvalue weighted by Crippen LogP contribution is 2.10. The van der Waals surface area contributed by atoms with Gasteiger partial charge in [0.2, 0.25) is 0 Å². The fourth-order valence-corrected chi connectivity index (χ4v) is 3.20. The lowest BCUT2D eigenvalue weighted by atomic mass is 10.1. The monoisotopic (exact) mass is 392 g/mol. The topological polar surface area (TPSA) is 92.3 Å². The van der Waals surface area contributed by atoms with Crippen molar-refractivity contribution in [3.05, 3.63) is 0 Å². The van der Waals surface area contributed by atoms with Gasteiger partial charge in [0.05, 0.1) is 25.5 Å². The van der Waals surface area contributed by atoms with Gasteiger partial charge in [-0.15, -0.1) is 0 Å². The van der Waals surface area contributed by atoms with E-state index in [1.165, 1.54) is 6.26 Å². The molecule has 0 saturated carbocycles. The van der Waals surface area contributed by atoms with E-state index in [1.54, 1.807) is 7.11 Å². The molecule has 1 aliphatic heterocycles. The molecule has 0 amide bonds. The van der Waals surface area contributed by atoms with Crippen LogP contribution in [0.3, 0.4) is 0 Å². The number of guanidine groups is 1. The molecule has 9 heteroatoms. The van der Waals surface area contributed by atoms with Crippen molar-refractivity contribution in [2.45, 2.75) is 32.2 Å². The average Bonchev–Trinajstić information content (AvgIpc) is 2.59. The summed E-state index contributed by atoms with van der Waals surface area (Å²) in [5.74, 6) is 0.856. The predicted molar refractivity (Wildman–Crippen MR) is 106 cm³/mol. The Morgan fingerprint density at radius 2 is 1.96 bits per heavy atom. The van der Waals surface area contributed by atoms with Crippen LogP contribution in [0, 0.1) is 0 Å². The van der Waals surface area contributed by atoms with Crippen LogP contribution in [0.4, 0.5) is 0 Å². The number of likely N-dealkylation sites (tertiary alicyclic amines) is 1. The van der Waals surface area contributed by atoms with E-state index in [9.17, 15) is 8.42 Å². The van der Waals surface area contributed by atoms with Crippen molar-refractivity contribution in [1.29, 1.82) is 0 Å². The lowest BCUT2D eigenvalue weighted by Gasteiger charge is -2.33. The van der Waals surface area contributed by atoms with Gasteiger partial charge in [-0.3, -0.25) is 4.99 Å². The molecule has 0 aliphatic carbocycles. The van der Waals surface area contributed by atoms with Crippen LogP contribution >= 0.6 is 0 Å². The molecule has 1 heterocycles. The minimum atomic E-state index is -2.96. The molecule has 8 nitrogen and oxygen atoms in total. The van der Waals surface area contributed by atoms with Crippen LogP contribution in [0.15, 0.2) is 4.99 Å². The number of sulfone groups is 1. The Labute approximate surface area is 158 Å². The van der Waals surface area contributed by atoms with E-state index in [4.69, 9.17) is 9.47 Å². The molecule has 0 aromatic carbocycles. The maximum absolute atomic E-state index is 11.0. The molecule has 0 aromatic heterocycles. The molecule has 0 atom stereocenters. The van der Waals surface area contributed by atoms with Gasteiger partial charge in [-0.25, -0.2) is 8.42 Å². The number of aliphatic imine (C=N–C) groups is 1. The maximum Gasteiger partial charge on any atom is 0.191 e. The van der Waals surface area contributed by atoms with Gasteiger partial charge in [-0.1, -0.05) is 0 Å². The van der Waals surface area contributed by atoms with E-state index < -0.39 is 9.84 Å². The molecule has 0 unspecified atom stereocenters. The molecule has 0 bridgehead atoms. The first-order chi connectivity index (χ1) is 12.4. The molecular formula is C17H36N4O4S. The predicted octanol–water partition coefficient (Wildman–Crippen LogP) is 0.104. The third-order valence-corrected chi connectivity index (χ3v) is 5.11. The second-order valence-corrected chi connectivity index (χ2v) is 8.87. The molecule has 1 aliphatic rings. The van der Waals surface area contributed by atoms with Crippen molar-refractivity contribution >= 4 is 15.8 Å². The number of nitrogens with zero attached hydrogens (tertiary/aromatic N) is 2. The SMILES string of the molecule is CCNC(=NCCOCCS(C)(=O)=O)NC1CCN(CCCOC)CC1. The summed E-state index contributed by atoms with van der Waals surface area (Å²) >= 11 is 0. The first kappa shape index (κ1) is 23.1. The highest BCUT2D eigenvalue weighted by molar-refractivity contribution is 7.90. The number of hydrogen-bond acceptors (Lipinski definition) is 6. The van der Waals surface area contributed by atoms with Crippen LogP contribution < -0.4 is 10.6 Å². The van der Waals surface area contributed by atoms with Crippen molar-refractivity contribution in [3.63, 3.8) is 0 Å². The van der Waals surface area contributed by atoms with Gasteiger partial charge in [0, 0.05) is 52.2 Å². The van der Waals surface area contributed by atoms with Crippen molar-refractivity contribution < 1.29 is 17.9 Å². The van der Waals surface area contributed by atoms with Gasteiger partial charge in [0.15, 0.2) is 5.96 Å². The highest BCUT2D eigenvalue weighted by Gasteiger charge is 2.19. The van der Waals surface area contributed by atoms with Crippen molar-refractivity contribution in [2.24, 2.45) is 4.99 Å². The zero-order valence-electron chi connectivity index (χ0n) is 16.5. The van der Waals surface area contributed by atoms with Crippen LogP contribution in [0.2, 0.25) is 0 Å². The van der Waals surface area contributed by atoms with Crippen LogP contribution in [-0.2, 0) is 19.3 Å². The quantitative estimate of drug-likeness (QED) is 0.276. The van der Waals surface area contributed by atoms with Crippen LogP contribution in [0.1, 0.15) is 26.2 Å². The summed E-state index contributed by atoms with van der Waals surface area (Å²) in [5, 5.41) is 6.75. The third-order valence-electron chi connectivity index (χ3n) is 4.20. The maximum atomic E-state index is 11.0. The van der Waals surface area contributed by atoms with Crippen LogP contribution in [0.5, 0.6) is 0 Å². The molecule has 0 spiro atoms. The van der Waals surface area contributed by atoms with E-state index >= 15 is 0 Å². The molecular weight excluding hydrogens is 356 g/mol. The van der Waals surface area contributed by atoms with E-state index in [0.717, 1.165) is 58.0 Å². The normalized spacial score (nSPS) is 17.4. The Morgan fingerprint density at radius 3 is 2.58 bits per heavy atom. The molecule has 1 fully saturated rings. The Bertz CT molecular complexity index is 491. The van der Waals surface area contributed by atoms with Crippen LogP contribution in [0.25, 0.3) is 0 Å². The third kappa shape index (κ3) is 11.7. The van der Waals surface area contributed by atoms with E-state index in [2.05, 4.69) is 20.5 Å². The van der Waals surface area contributed by atoms with Gasteiger partial charge in [-0.2, -0.15) is 0 Å². The Balaban J connectivity index is 2.25. The average molecular weight is 393 g/mol. The summed E-state index contributed by atoms with van der Waals surface area (Å²) in [5.41, 5.74) is 0. The van der Waals surface area contributed by atoms with Gasteiger partial charge in [-0.05, 0) is 26.2 Å². The summed E-state index contributed by atoms with van der Waals surface area (Å²) in [6.45, 7) is 8.10. The van der Waals surface area contributed by atoms with Crippen molar-refractivity contribution in [1.82, 2.24) is 15.5 Å². The smallest absolute Gasteiger partial charge is 0.191 e. The number of nitrogens with one attached hydrogen (secondary N) is 2. The summed E-state index contributed by atoms with van der Waals surface area (Å²) in [7, 11) is -1.22. The molecule has 0 aromatic rings. The Hall–Kier alpha value is -0.900. The number of piperidine rings is 1. The fourth-order valence-electron chi connectivity index (χ4n) is 2.78. The van der Waals surface area contributed by atoms with Gasteiger partial charge in [0.25, 0.3) is 0 Å². The summed E-state index contributed by atoms with van der Waals surface area (Å²) in [6, 6.07) is 0.428. The van der Waals surface area contributed by atoms with Crippen molar-refractivity contribution in [2.75, 3.05) is 71.7 Å². The number of rotatable bonds is 12. The first-order valence-electron chi connectivity index (χ1n) is 9.46. The molecule has 2 N–H and O–H groups in total. The molecule has 0 radical (unpaired) electrons. The minimum absolute atomic E-state index is 0.0536. The Kier molecular flexibility index (Phi) is 11.8. The lowest BCUT2D eigenvalue weighted by molar-refractivity contribution is 0.154. The minimum Gasteiger partial charge on any atom is -0.385 e. The largest absolute Gasteiger partial charge is 0.385 e. The highest BCUT2D eigenvalue weighted by atomic mass is 32.2. The zero-order chi connectivity index (χ0) is 19.3. The van der Waals surface area contributed by atoms with E-state index in [1.807, 2.05) is 6.92 Å². The summed E-state index contributed by atoms with van der Waals surface area (Å²) in [6.07, 6.45) is 4.49. The number of hydrogen-bond donors (Lipinski definition) is 2. The standard InChI is InChI=1S/C17H36N4O4S/c1-4-18-17(19-8-13-25-14-15-26(3,22)23)20-16-6-10-21(11-7-16)9-5-12-24-2/h16H,4-15H2,1-3H3,(H2,18,19,20). The summed E-state index contributed by atoms with van der Waals surface area (Å²) in [4.78, 5) is 6.99. The van der Waals surface area contributed by atoms with Gasteiger partial charge in [0.1, 0.15) is 9.84 Å². The second kappa shape index (κ2) is 13.3.